The minimum absolute atomic E-state index is 0. The van der Waals surface area contributed by atoms with Gasteiger partial charge in [-0.05, 0) is 17.7 Å². The lowest BCUT2D eigenvalue weighted by molar-refractivity contribution is 0.513. The van der Waals surface area contributed by atoms with Crippen LogP contribution in [0.25, 0.3) is 11.1 Å². The number of hydrogen-bond acceptors (Lipinski definition) is 2. The third-order valence-electron chi connectivity index (χ3n) is 2.53. The molecule has 3 nitrogen and oxygen atoms in total. The van der Waals surface area contributed by atoms with E-state index in [4.69, 9.17) is 4.52 Å². The fourth-order valence-corrected chi connectivity index (χ4v) is 2.99. The average Bonchev–Trinajstić information content (AvgIpc) is 2.30. The predicted molar refractivity (Wildman–Crippen MR) is 61.8 cm³/mol. The second kappa shape index (κ2) is 4.12. The van der Waals surface area contributed by atoms with Gasteiger partial charge in [-0.1, -0.05) is 36.4 Å². The molecule has 2 aromatic carbocycles. The molecule has 0 aliphatic carbocycles. The van der Waals surface area contributed by atoms with Gasteiger partial charge < -0.3 is 4.52 Å². The van der Waals surface area contributed by atoms with Gasteiger partial charge in [0.15, 0.2) is 0 Å². The topological polar surface area (TPSA) is 54.8 Å². The number of fused-ring (bicyclic) bond motifs is 3. The standard InChI is InChI=1S/C12H9O2P.O/c13-15-12-8-4-2-6-10(12)9-5-1-3-7-11(9)14-15;/h1-8,15H;. The summed E-state index contributed by atoms with van der Waals surface area (Å²) < 4.78 is 17.2. The van der Waals surface area contributed by atoms with Crippen LogP contribution in [0.2, 0.25) is 0 Å². The summed E-state index contributed by atoms with van der Waals surface area (Å²) in [5, 5.41) is 0.821. The van der Waals surface area contributed by atoms with E-state index < -0.39 is 8.03 Å². The molecule has 0 aromatic heterocycles. The second-order valence-corrected chi connectivity index (χ2v) is 4.75. The number of rotatable bonds is 0. The Labute approximate surface area is 93.9 Å². The zero-order valence-corrected chi connectivity index (χ0v) is 9.34. The summed E-state index contributed by atoms with van der Waals surface area (Å²) >= 11 is 0. The van der Waals surface area contributed by atoms with E-state index in [9.17, 15) is 4.57 Å². The SMILES string of the molecule is O=[PH]1Oc2ccccc2-c2ccccc21.[O]. The Morgan fingerprint density at radius 2 is 1.50 bits per heavy atom. The number of para-hydroxylation sites is 1. The Kier molecular flexibility index (Phi) is 2.82. The molecule has 1 aliphatic heterocycles. The normalized spacial score (nSPS) is 16.4. The molecule has 1 unspecified atom stereocenters. The van der Waals surface area contributed by atoms with Crippen molar-refractivity contribution in [1.82, 2.24) is 0 Å². The monoisotopic (exact) mass is 232 g/mol. The van der Waals surface area contributed by atoms with Crippen molar-refractivity contribution in [2.24, 2.45) is 0 Å². The van der Waals surface area contributed by atoms with Gasteiger partial charge in [0.2, 0.25) is 0 Å². The van der Waals surface area contributed by atoms with Crippen LogP contribution in [0.1, 0.15) is 0 Å². The van der Waals surface area contributed by atoms with Gasteiger partial charge in [0.1, 0.15) is 5.75 Å². The lowest BCUT2D eigenvalue weighted by atomic mass is 10.0. The van der Waals surface area contributed by atoms with Gasteiger partial charge in [0, 0.05) is 11.0 Å². The van der Waals surface area contributed by atoms with E-state index in [0.29, 0.717) is 0 Å². The molecule has 0 bridgehead atoms. The third kappa shape index (κ3) is 1.54. The molecule has 0 N–H and O–H groups in total. The van der Waals surface area contributed by atoms with Crippen LogP contribution in [0.15, 0.2) is 48.5 Å². The summed E-state index contributed by atoms with van der Waals surface area (Å²) in [6.07, 6.45) is 0. The number of benzene rings is 2. The molecule has 80 valence electrons. The van der Waals surface area contributed by atoms with Crippen molar-refractivity contribution in [3.63, 3.8) is 0 Å². The van der Waals surface area contributed by atoms with Crippen molar-refractivity contribution >= 4 is 13.3 Å². The highest BCUT2D eigenvalue weighted by Gasteiger charge is 2.20. The molecule has 16 heavy (non-hydrogen) atoms. The molecule has 0 saturated heterocycles. The van der Waals surface area contributed by atoms with Crippen LogP contribution in [-0.4, -0.2) is 0 Å². The zero-order chi connectivity index (χ0) is 10.3. The number of hydrogen-bond donors (Lipinski definition) is 0. The first-order valence-electron chi connectivity index (χ1n) is 4.77. The van der Waals surface area contributed by atoms with Gasteiger partial charge >= 0.3 is 0 Å². The predicted octanol–water partition coefficient (Wildman–Crippen LogP) is 2.73. The van der Waals surface area contributed by atoms with Crippen molar-refractivity contribution < 1.29 is 14.6 Å². The second-order valence-electron chi connectivity index (χ2n) is 3.43. The highest BCUT2D eigenvalue weighted by Crippen LogP contribution is 2.41. The minimum atomic E-state index is -2.11. The molecule has 0 amide bonds. The fraction of sp³-hybridized carbons (Fsp3) is 0. The summed E-state index contributed by atoms with van der Waals surface area (Å²) in [5.41, 5.74) is 2.06. The highest BCUT2D eigenvalue weighted by molar-refractivity contribution is 7.49. The van der Waals surface area contributed by atoms with E-state index in [1.54, 1.807) is 0 Å². The molecule has 0 spiro atoms. The molecular formula is C12H9O3P. The Morgan fingerprint density at radius 3 is 2.31 bits per heavy atom. The maximum Gasteiger partial charge on any atom is 0.266 e. The first kappa shape index (κ1) is 10.9. The maximum absolute atomic E-state index is 11.8. The molecule has 2 aromatic rings. The van der Waals surface area contributed by atoms with Gasteiger partial charge in [0.25, 0.3) is 8.03 Å². The smallest absolute Gasteiger partial charge is 0.266 e. The van der Waals surface area contributed by atoms with E-state index in [1.807, 2.05) is 48.5 Å². The molecular weight excluding hydrogens is 223 g/mol. The van der Waals surface area contributed by atoms with E-state index >= 15 is 0 Å². The van der Waals surface area contributed by atoms with Crippen molar-refractivity contribution in [3.8, 4) is 16.9 Å². The summed E-state index contributed by atoms with van der Waals surface area (Å²) in [6.45, 7) is 0. The third-order valence-corrected chi connectivity index (χ3v) is 3.81. The molecule has 1 aliphatic rings. The molecule has 1 atom stereocenters. The van der Waals surface area contributed by atoms with Crippen LogP contribution in [-0.2, 0) is 10.0 Å². The molecule has 0 fully saturated rings. The van der Waals surface area contributed by atoms with Crippen molar-refractivity contribution in [2.75, 3.05) is 0 Å². The van der Waals surface area contributed by atoms with Crippen LogP contribution < -0.4 is 9.83 Å². The van der Waals surface area contributed by atoms with Crippen molar-refractivity contribution in [1.29, 1.82) is 0 Å². The molecule has 3 rings (SSSR count). The van der Waals surface area contributed by atoms with Gasteiger partial charge in [0.05, 0.1) is 5.30 Å². The lowest BCUT2D eigenvalue weighted by Crippen LogP contribution is -2.09. The van der Waals surface area contributed by atoms with Gasteiger partial charge in [-0.25, -0.2) is 0 Å². The quantitative estimate of drug-likeness (QED) is 0.655. The Hall–Kier alpha value is -1.57. The largest absolute Gasteiger partial charge is 0.441 e. The van der Waals surface area contributed by atoms with Crippen molar-refractivity contribution in [2.45, 2.75) is 0 Å². The van der Waals surface area contributed by atoms with E-state index in [0.717, 1.165) is 22.2 Å². The van der Waals surface area contributed by atoms with Gasteiger partial charge in [-0.3, -0.25) is 4.57 Å². The van der Waals surface area contributed by atoms with E-state index in [-0.39, 0.29) is 5.48 Å². The highest BCUT2D eigenvalue weighted by atomic mass is 31.1. The van der Waals surface area contributed by atoms with Crippen LogP contribution in [0, 0.1) is 0 Å². The Bertz CT molecular complexity index is 551. The summed E-state index contributed by atoms with van der Waals surface area (Å²) in [4.78, 5) is 0. The van der Waals surface area contributed by atoms with Gasteiger partial charge in [-0.2, -0.15) is 0 Å². The van der Waals surface area contributed by atoms with Crippen LogP contribution >= 0.6 is 8.03 Å². The molecule has 4 heteroatoms. The summed E-state index contributed by atoms with van der Waals surface area (Å²) in [6, 6.07) is 15.4. The van der Waals surface area contributed by atoms with Crippen LogP contribution in [0.4, 0.5) is 0 Å². The van der Waals surface area contributed by atoms with Crippen molar-refractivity contribution in [3.05, 3.63) is 48.5 Å². The van der Waals surface area contributed by atoms with E-state index in [1.165, 1.54) is 0 Å². The zero-order valence-electron chi connectivity index (χ0n) is 8.34. The lowest BCUT2D eigenvalue weighted by Gasteiger charge is -2.19. The Morgan fingerprint density at radius 1 is 0.875 bits per heavy atom. The fourth-order valence-electron chi connectivity index (χ4n) is 1.83. The van der Waals surface area contributed by atoms with Gasteiger partial charge in [-0.15, -0.1) is 0 Å². The molecule has 1 heterocycles. The Balaban J connectivity index is 0.000000963. The first-order valence-corrected chi connectivity index (χ1v) is 6.08. The maximum atomic E-state index is 11.8. The van der Waals surface area contributed by atoms with Crippen LogP contribution in [0.3, 0.4) is 0 Å². The average molecular weight is 232 g/mol. The molecule has 0 saturated carbocycles. The molecule has 2 radical (unpaired) electrons. The summed E-state index contributed by atoms with van der Waals surface area (Å²) in [5.74, 6) is 0.722. The van der Waals surface area contributed by atoms with Crippen LogP contribution in [0.5, 0.6) is 5.75 Å². The first-order chi connectivity index (χ1) is 7.36. The minimum Gasteiger partial charge on any atom is -0.441 e. The van der Waals surface area contributed by atoms with E-state index in [2.05, 4.69) is 0 Å². The summed E-state index contributed by atoms with van der Waals surface area (Å²) in [7, 11) is -2.11.